The van der Waals surface area contributed by atoms with Gasteiger partial charge in [-0.25, -0.2) is 4.79 Å². The van der Waals surface area contributed by atoms with Gasteiger partial charge in [-0.15, -0.1) is 11.8 Å². The molecule has 0 aromatic heterocycles. The van der Waals surface area contributed by atoms with Crippen LogP contribution in [0, 0.1) is 17.8 Å². The predicted molar refractivity (Wildman–Crippen MR) is 334 cm³/mol. The molecule has 12 nitrogen and oxygen atoms in total. The van der Waals surface area contributed by atoms with Crippen LogP contribution in [0.2, 0.25) is 0 Å². The summed E-state index contributed by atoms with van der Waals surface area (Å²) in [5.74, 6) is 1.71. The number of ketones is 3. The first kappa shape index (κ1) is 63.3. The quantitative estimate of drug-likeness (QED) is 0.0437. The fraction of sp³-hybridized carbons (Fsp3) is 0.294. The van der Waals surface area contributed by atoms with Gasteiger partial charge in [0.15, 0.2) is 17.3 Å². The van der Waals surface area contributed by atoms with E-state index in [-0.39, 0.29) is 95.8 Å². The first-order chi connectivity index (χ1) is 39.9. The number of rotatable bonds is 24. The van der Waals surface area contributed by atoms with E-state index >= 15 is 0 Å². The Balaban J connectivity index is 0.000000179. The molecule has 83 heavy (non-hydrogen) atoms. The summed E-state index contributed by atoms with van der Waals surface area (Å²) in [7, 11) is 0. The number of thiocarbonyl (C=S) groups is 1. The van der Waals surface area contributed by atoms with Crippen LogP contribution >= 0.6 is 35.7 Å². The van der Waals surface area contributed by atoms with Gasteiger partial charge >= 0.3 is 5.97 Å². The number of carbonyl (C=O) groups is 5. The highest BCUT2D eigenvalue weighted by Crippen LogP contribution is 2.41. The molecule has 3 aliphatic heterocycles. The van der Waals surface area contributed by atoms with Crippen LogP contribution in [0.4, 0.5) is 0 Å². The summed E-state index contributed by atoms with van der Waals surface area (Å²) >= 11 is 8.59. The van der Waals surface area contributed by atoms with Crippen molar-refractivity contribution in [3.8, 4) is 0 Å². The molecular formula is C68H70O12S3. The second-order valence-corrected chi connectivity index (χ2v) is 23.6. The maximum absolute atomic E-state index is 12.5. The monoisotopic (exact) mass is 1170 g/mol. The van der Waals surface area contributed by atoms with Gasteiger partial charge in [-0.1, -0.05) is 171 Å². The summed E-state index contributed by atoms with van der Waals surface area (Å²) in [6, 6.07) is 29.3. The van der Waals surface area contributed by atoms with Gasteiger partial charge in [0.1, 0.15) is 43.2 Å². The van der Waals surface area contributed by atoms with Crippen molar-refractivity contribution in [2.45, 2.75) is 87.3 Å². The molecule has 0 saturated heterocycles. The summed E-state index contributed by atoms with van der Waals surface area (Å²) in [5.41, 5.74) is 6.33. The van der Waals surface area contributed by atoms with Crippen LogP contribution in [0.5, 0.6) is 0 Å². The molecule has 0 bridgehead atoms. The van der Waals surface area contributed by atoms with Crippen molar-refractivity contribution in [1.29, 1.82) is 0 Å². The number of ether oxygens (including phenoxy) is 4. The second-order valence-electron chi connectivity index (χ2n) is 20.6. The summed E-state index contributed by atoms with van der Waals surface area (Å²) in [4.78, 5) is 59.2. The number of aliphatic hydroxyl groups excluding tert-OH is 3. The molecule has 3 N–H and O–H groups in total. The third-order valence-electron chi connectivity index (χ3n) is 13.9. The molecule has 432 valence electrons. The normalized spacial score (nSPS) is 22.0. The number of carbonyl (C=O) groups excluding carboxylic acids is 5. The number of aliphatic hydroxyl groups is 3. The van der Waals surface area contributed by atoms with Gasteiger partial charge in [0.25, 0.3) is 0 Å². The van der Waals surface area contributed by atoms with E-state index in [1.165, 1.54) is 17.8 Å². The lowest BCUT2D eigenvalue weighted by Gasteiger charge is -2.29. The van der Waals surface area contributed by atoms with E-state index in [4.69, 9.17) is 31.2 Å². The molecule has 9 rings (SSSR count). The van der Waals surface area contributed by atoms with E-state index in [0.29, 0.717) is 47.5 Å². The van der Waals surface area contributed by atoms with E-state index in [1.54, 1.807) is 31.7 Å². The van der Waals surface area contributed by atoms with Crippen LogP contribution in [-0.4, -0.2) is 103 Å². The fourth-order valence-corrected chi connectivity index (χ4v) is 11.8. The minimum Gasteiger partial charge on any atom is -0.491 e. The lowest BCUT2D eigenvalue weighted by Crippen LogP contribution is -2.30. The highest BCUT2D eigenvalue weighted by molar-refractivity contribution is 8.25. The lowest BCUT2D eigenvalue weighted by atomic mass is 9.90. The summed E-state index contributed by atoms with van der Waals surface area (Å²) in [6.45, 7) is 14.3. The molecule has 0 saturated carbocycles. The van der Waals surface area contributed by atoms with Gasteiger partial charge in [-0.05, 0) is 103 Å². The van der Waals surface area contributed by atoms with Crippen molar-refractivity contribution in [2.75, 3.05) is 19.8 Å². The molecule has 6 aliphatic rings. The van der Waals surface area contributed by atoms with Gasteiger partial charge in [0, 0.05) is 58.7 Å². The zero-order chi connectivity index (χ0) is 59.4. The van der Waals surface area contributed by atoms with E-state index in [0.717, 1.165) is 37.8 Å². The third-order valence-corrected chi connectivity index (χ3v) is 16.8. The zero-order valence-electron chi connectivity index (χ0n) is 46.6. The number of allylic oxidation sites excluding steroid dienone is 10. The average molecular weight is 1180 g/mol. The summed E-state index contributed by atoms with van der Waals surface area (Å²) in [6.07, 6.45) is 24.1. The second kappa shape index (κ2) is 31.4. The number of hydrogen-bond donors (Lipinski definition) is 3. The number of hydrogen-bond acceptors (Lipinski definition) is 15. The van der Waals surface area contributed by atoms with Crippen LogP contribution in [0.1, 0.15) is 69.1 Å². The maximum Gasteiger partial charge on any atom is 0.339 e. The molecule has 3 heterocycles. The lowest BCUT2D eigenvalue weighted by molar-refractivity contribution is -0.141. The summed E-state index contributed by atoms with van der Waals surface area (Å²) in [5, 5.41) is 30.2. The molecule has 3 aromatic rings. The molecule has 15 heteroatoms. The van der Waals surface area contributed by atoms with Crippen LogP contribution in [0.15, 0.2) is 218 Å². The van der Waals surface area contributed by atoms with Gasteiger partial charge in [0.05, 0.1) is 28.1 Å². The Bertz CT molecular complexity index is 3040. The van der Waals surface area contributed by atoms with E-state index in [2.05, 4.69) is 50.1 Å². The smallest absolute Gasteiger partial charge is 0.339 e. The fourth-order valence-electron chi connectivity index (χ4n) is 9.11. The first-order valence-corrected chi connectivity index (χ1v) is 29.7. The topological polar surface area (TPSA) is 183 Å². The Kier molecular flexibility index (Phi) is 24.0. The van der Waals surface area contributed by atoms with Crippen LogP contribution < -0.4 is 0 Å². The van der Waals surface area contributed by atoms with Crippen LogP contribution in [0.25, 0.3) is 16.7 Å². The van der Waals surface area contributed by atoms with E-state index in [9.17, 15) is 39.3 Å². The largest absolute Gasteiger partial charge is 0.491 e. The Morgan fingerprint density at radius 2 is 0.964 bits per heavy atom. The Morgan fingerprint density at radius 3 is 1.43 bits per heavy atom. The molecular weight excluding hydrogens is 1100 g/mol. The van der Waals surface area contributed by atoms with Gasteiger partial charge in [-0.3, -0.25) is 19.2 Å². The standard InChI is InChI=1S/C23H24O5.C23H24O3S2.C22H22O4S/c1-15(2)21(25)11-9-18(24)14-27-19-10-8-17-12-20(16-6-4-3-5-7-16)23(26)28-22(17)13-19;1-15(2)21(25)11-9-18(24)14-26-19-10-8-17-12-20(16-6-4-3-5-7-16)23(27)28-22(17)13-19;1-2-17(23)9-10-18(24)14-26-19-11-8-16-12-20(15-6-4-3-5-7-15)22(25)27-21(16)13-19/h2*3-8,10,12-13,17-18,22,24H,1,9,11,14H2,2H3;2-8,11-13,16,18,21,24H,1,9-10,14H2. The van der Waals surface area contributed by atoms with Crippen molar-refractivity contribution in [2.24, 2.45) is 17.8 Å². The maximum atomic E-state index is 12.5. The number of esters is 1. The number of thioether (sulfide) groups is 2. The predicted octanol–water partition coefficient (Wildman–Crippen LogP) is 11.9. The van der Waals surface area contributed by atoms with Crippen molar-refractivity contribution in [3.63, 3.8) is 0 Å². The number of benzene rings is 3. The molecule has 0 radical (unpaired) electrons. The minimum atomic E-state index is -0.756. The van der Waals surface area contributed by atoms with Crippen molar-refractivity contribution in [1.82, 2.24) is 0 Å². The van der Waals surface area contributed by atoms with Crippen LogP contribution in [0.3, 0.4) is 0 Å². The van der Waals surface area contributed by atoms with Crippen molar-refractivity contribution >= 4 is 85.1 Å². The molecule has 0 amide bonds. The number of fused-ring (bicyclic) bond motifs is 3. The number of Topliss-reactive ketones (excluding diaryl/α,β-unsaturated/α-hetero) is 2. The van der Waals surface area contributed by atoms with Gasteiger partial charge < -0.3 is 34.3 Å². The molecule has 3 aromatic carbocycles. The summed E-state index contributed by atoms with van der Waals surface area (Å²) < 4.78 is 23.5. The first-order valence-electron chi connectivity index (χ1n) is 27.5. The molecule has 0 fully saturated rings. The SMILES string of the molecule is C=C(C)C(=O)CCC(O)COC1=CC2OC(=O)C(c3ccccc3)=CC2C=C1.C=C(C)C(=O)CCC(O)COC1=CC2SC(=S)C(c3ccccc3)=CC2C=C1.C=CC(=O)CCC(O)COC1=CC2SC(=O)C(c3ccccc3)=CC2C=C1. The van der Waals surface area contributed by atoms with E-state index < -0.39 is 24.4 Å². The Hall–Kier alpha value is -7.24. The molecule has 9 atom stereocenters. The molecule has 3 aliphatic carbocycles. The highest BCUT2D eigenvalue weighted by atomic mass is 32.2. The highest BCUT2D eigenvalue weighted by Gasteiger charge is 2.34. The van der Waals surface area contributed by atoms with Crippen LogP contribution in [-0.2, 0) is 42.9 Å². The average Bonchev–Trinajstić information content (AvgIpc) is 3.57. The minimum absolute atomic E-state index is 0.00977. The Morgan fingerprint density at radius 1 is 0.566 bits per heavy atom. The van der Waals surface area contributed by atoms with Crippen molar-refractivity contribution in [3.05, 3.63) is 235 Å². The third kappa shape index (κ3) is 19.2. The Labute approximate surface area is 500 Å². The molecule has 9 unspecified atom stereocenters. The zero-order valence-corrected chi connectivity index (χ0v) is 49.0. The molecule has 0 spiro atoms. The van der Waals surface area contributed by atoms with Gasteiger partial charge in [0.2, 0.25) is 5.12 Å². The van der Waals surface area contributed by atoms with Gasteiger partial charge in [-0.2, -0.15) is 0 Å². The van der Waals surface area contributed by atoms with Crippen molar-refractivity contribution < 1.29 is 58.2 Å². The van der Waals surface area contributed by atoms with E-state index in [1.807, 2.05) is 127 Å².